The van der Waals surface area contributed by atoms with Gasteiger partial charge in [0.05, 0.1) is 24.2 Å². The Morgan fingerprint density at radius 2 is 1.88 bits per heavy atom. The van der Waals surface area contributed by atoms with Gasteiger partial charge in [0.2, 0.25) is 0 Å². The van der Waals surface area contributed by atoms with Crippen molar-refractivity contribution in [1.29, 1.82) is 0 Å². The summed E-state index contributed by atoms with van der Waals surface area (Å²) < 4.78 is 21.4. The Hall–Kier alpha value is -3.45. The van der Waals surface area contributed by atoms with Crippen LogP contribution in [0.1, 0.15) is 28.1 Å². The zero-order chi connectivity index (χ0) is 22.8. The van der Waals surface area contributed by atoms with Crippen LogP contribution in [0.2, 0.25) is 0 Å². The van der Waals surface area contributed by atoms with Crippen LogP contribution in [0.15, 0.2) is 48.7 Å². The lowest BCUT2D eigenvalue weighted by molar-refractivity contribution is 0.318. The Bertz CT molecular complexity index is 1220. The largest absolute Gasteiger partial charge is 0.494 e. The predicted molar refractivity (Wildman–Crippen MR) is 123 cm³/mol. The molecule has 4 rings (SSSR count). The monoisotopic (exact) mass is 433 g/mol. The van der Waals surface area contributed by atoms with E-state index in [2.05, 4.69) is 35.1 Å². The normalized spacial score (nSPS) is 11.3. The van der Waals surface area contributed by atoms with Gasteiger partial charge in [-0.25, -0.2) is 9.07 Å². The molecular weight excluding hydrogens is 405 g/mol. The molecule has 0 atom stereocenters. The van der Waals surface area contributed by atoms with Crippen molar-refractivity contribution in [1.82, 2.24) is 24.9 Å². The summed E-state index contributed by atoms with van der Waals surface area (Å²) in [6, 6.07) is 13.1. The minimum absolute atomic E-state index is 0.219. The van der Waals surface area contributed by atoms with Gasteiger partial charge in [0.15, 0.2) is 11.6 Å². The van der Waals surface area contributed by atoms with Gasteiger partial charge in [-0.15, -0.1) is 0 Å². The summed E-state index contributed by atoms with van der Waals surface area (Å²) in [6.45, 7) is 7.50. The Morgan fingerprint density at radius 1 is 1.09 bits per heavy atom. The summed E-state index contributed by atoms with van der Waals surface area (Å²) in [4.78, 5) is 2.22. The van der Waals surface area contributed by atoms with Gasteiger partial charge in [0, 0.05) is 41.7 Å². The SMILES string of the molecule is COc1ccc(-c2nn(-c3ccccc3C)cc2CN(C)Cc2c(C)n[nH]c2C)cc1F. The smallest absolute Gasteiger partial charge is 0.165 e. The Morgan fingerprint density at radius 3 is 2.53 bits per heavy atom. The van der Waals surface area contributed by atoms with Gasteiger partial charge in [-0.3, -0.25) is 10.00 Å². The Labute approximate surface area is 187 Å². The second-order valence-electron chi connectivity index (χ2n) is 8.17. The molecule has 0 spiro atoms. The number of nitrogens with zero attached hydrogens (tertiary/aromatic N) is 4. The number of benzene rings is 2. The highest BCUT2D eigenvalue weighted by molar-refractivity contribution is 5.64. The summed E-state index contributed by atoms with van der Waals surface area (Å²) in [7, 11) is 3.53. The third kappa shape index (κ3) is 4.29. The zero-order valence-electron chi connectivity index (χ0n) is 19.1. The van der Waals surface area contributed by atoms with Crippen LogP contribution in [0.5, 0.6) is 5.75 Å². The second kappa shape index (κ2) is 8.96. The second-order valence-corrected chi connectivity index (χ2v) is 8.17. The molecule has 4 aromatic rings. The molecule has 2 heterocycles. The third-order valence-corrected chi connectivity index (χ3v) is 5.73. The first-order valence-corrected chi connectivity index (χ1v) is 10.5. The molecule has 0 saturated carbocycles. The van der Waals surface area contributed by atoms with E-state index in [0.717, 1.165) is 46.0 Å². The quantitative estimate of drug-likeness (QED) is 0.447. The van der Waals surface area contributed by atoms with E-state index < -0.39 is 5.82 Å². The number of hydrogen-bond acceptors (Lipinski definition) is 4. The molecule has 0 aliphatic heterocycles. The van der Waals surface area contributed by atoms with Crippen LogP contribution in [0.4, 0.5) is 4.39 Å². The number of aromatic nitrogens is 4. The Kier molecular flexibility index (Phi) is 6.10. The topological polar surface area (TPSA) is 59.0 Å². The number of hydrogen-bond donors (Lipinski definition) is 1. The molecule has 0 radical (unpaired) electrons. The van der Waals surface area contributed by atoms with Crippen molar-refractivity contribution in [3.8, 4) is 22.7 Å². The molecule has 7 heteroatoms. The van der Waals surface area contributed by atoms with E-state index >= 15 is 0 Å². The minimum atomic E-state index is -0.403. The van der Waals surface area contributed by atoms with E-state index in [0.29, 0.717) is 6.54 Å². The summed E-state index contributed by atoms with van der Waals surface area (Å²) in [5.74, 6) is -0.184. The van der Waals surface area contributed by atoms with Crippen LogP contribution in [0.3, 0.4) is 0 Å². The van der Waals surface area contributed by atoms with E-state index in [-0.39, 0.29) is 5.75 Å². The lowest BCUT2D eigenvalue weighted by Crippen LogP contribution is -2.18. The molecule has 2 aromatic carbocycles. The van der Waals surface area contributed by atoms with E-state index in [1.54, 1.807) is 6.07 Å². The van der Waals surface area contributed by atoms with Crippen LogP contribution >= 0.6 is 0 Å². The molecular formula is C25H28FN5O. The van der Waals surface area contributed by atoms with Gasteiger partial charge in [-0.05, 0) is 57.6 Å². The number of methoxy groups -OCH3 is 1. The maximum atomic E-state index is 14.5. The zero-order valence-corrected chi connectivity index (χ0v) is 19.1. The number of halogens is 1. The average molecular weight is 434 g/mol. The number of H-pyrrole nitrogens is 1. The van der Waals surface area contributed by atoms with E-state index in [4.69, 9.17) is 9.84 Å². The van der Waals surface area contributed by atoms with Crippen molar-refractivity contribution in [2.75, 3.05) is 14.2 Å². The van der Waals surface area contributed by atoms with Crippen molar-refractivity contribution < 1.29 is 9.13 Å². The fourth-order valence-electron chi connectivity index (χ4n) is 3.95. The highest BCUT2D eigenvalue weighted by Crippen LogP contribution is 2.29. The van der Waals surface area contributed by atoms with Gasteiger partial charge in [-0.2, -0.15) is 10.2 Å². The predicted octanol–water partition coefficient (Wildman–Crippen LogP) is 4.97. The molecule has 166 valence electrons. The van der Waals surface area contributed by atoms with Crippen molar-refractivity contribution in [3.05, 3.63) is 82.6 Å². The molecule has 1 N–H and O–H groups in total. The number of aromatic amines is 1. The molecule has 0 unspecified atom stereocenters. The molecule has 0 bridgehead atoms. The summed E-state index contributed by atoms with van der Waals surface area (Å²) in [5, 5.41) is 12.2. The number of aryl methyl sites for hydroxylation is 3. The van der Waals surface area contributed by atoms with Crippen molar-refractivity contribution in [2.45, 2.75) is 33.9 Å². The van der Waals surface area contributed by atoms with Gasteiger partial charge in [0.25, 0.3) is 0 Å². The molecule has 0 saturated heterocycles. The van der Waals surface area contributed by atoms with Crippen molar-refractivity contribution in [2.24, 2.45) is 0 Å². The van der Waals surface area contributed by atoms with Gasteiger partial charge >= 0.3 is 0 Å². The molecule has 0 aliphatic rings. The lowest BCUT2D eigenvalue weighted by Gasteiger charge is -2.17. The maximum Gasteiger partial charge on any atom is 0.165 e. The fourth-order valence-corrected chi connectivity index (χ4v) is 3.95. The van der Waals surface area contributed by atoms with Crippen LogP contribution in [0.25, 0.3) is 16.9 Å². The van der Waals surface area contributed by atoms with Crippen LogP contribution < -0.4 is 4.74 Å². The first-order chi connectivity index (χ1) is 15.4. The standard InChI is InChI=1S/C25H28FN5O/c1-16-8-6-7-9-23(16)31-14-20(13-30(4)15-21-17(2)27-28-18(21)3)25(29-31)19-10-11-24(32-5)22(26)12-19/h6-12,14H,13,15H2,1-5H3,(H,27,28). The summed E-state index contributed by atoms with van der Waals surface area (Å²) in [5.41, 5.74) is 7.86. The van der Waals surface area contributed by atoms with Gasteiger partial charge in [0.1, 0.15) is 0 Å². The maximum absolute atomic E-state index is 14.5. The highest BCUT2D eigenvalue weighted by atomic mass is 19.1. The first kappa shape index (κ1) is 21.8. The highest BCUT2D eigenvalue weighted by Gasteiger charge is 2.18. The van der Waals surface area contributed by atoms with Gasteiger partial charge < -0.3 is 4.74 Å². The first-order valence-electron chi connectivity index (χ1n) is 10.5. The van der Waals surface area contributed by atoms with Crippen LogP contribution in [-0.2, 0) is 13.1 Å². The molecule has 6 nitrogen and oxygen atoms in total. The number of ether oxygens (including phenoxy) is 1. The Balaban J connectivity index is 1.72. The van der Waals surface area contributed by atoms with Crippen molar-refractivity contribution in [3.63, 3.8) is 0 Å². The number of para-hydroxylation sites is 1. The summed E-state index contributed by atoms with van der Waals surface area (Å²) >= 11 is 0. The molecule has 0 fully saturated rings. The van der Waals surface area contributed by atoms with Gasteiger partial charge in [-0.1, -0.05) is 18.2 Å². The van der Waals surface area contributed by atoms with Crippen LogP contribution in [-0.4, -0.2) is 39.0 Å². The molecule has 2 aromatic heterocycles. The molecule has 32 heavy (non-hydrogen) atoms. The molecule has 0 amide bonds. The fraction of sp³-hybridized carbons (Fsp3) is 0.280. The van der Waals surface area contributed by atoms with E-state index in [1.165, 1.54) is 18.7 Å². The minimum Gasteiger partial charge on any atom is -0.494 e. The third-order valence-electron chi connectivity index (χ3n) is 5.73. The van der Waals surface area contributed by atoms with E-state index in [1.807, 2.05) is 49.0 Å². The van der Waals surface area contributed by atoms with Crippen molar-refractivity contribution >= 4 is 0 Å². The average Bonchev–Trinajstić information content (AvgIpc) is 3.32. The molecule has 0 aliphatic carbocycles. The summed E-state index contributed by atoms with van der Waals surface area (Å²) in [6.07, 6.45) is 2.03. The number of rotatable bonds is 7. The van der Waals surface area contributed by atoms with E-state index in [9.17, 15) is 4.39 Å². The lowest BCUT2D eigenvalue weighted by atomic mass is 10.1. The van der Waals surface area contributed by atoms with Crippen LogP contribution in [0, 0.1) is 26.6 Å². The number of nitrogens with one attached hydrogen (secondary N) is 1.